The van der Waals surface area contributed by atoms with Gasteiger partial charge in [0.05, 0.1) is 5.56 Å². The Morgan fingerprint density at radius 1 is 1.41 bits per heavy atom. The van der Waals surface area contributed by atoms with Gasteiger partial charge in [0.1, 0.15) is 0 Å². The van der Waals surface area contributed by atoms with Crippen molar-refractivity contribution in [2.45, 2.75) is 18.9 Å². The molecule has 1 aromatic carbocycles. The molecule has 0 aliphatic carbocycles. The van der Waals surface area contributed by atoms with E-state index in [0.717, 1.165) is 24.3 Å². The highest BCUT2D eigenvalue weighted by atomic mass is 35.5. The van der Waals surface area contributed by atoms with Crippen LogP contribution in [0.3, 0.4) is 0 Å². The molecule has 0 aromatic heterocycles. The summed E-state index contributed by atoms with van der Waals surface area (Å²) in [4.78, 5) is 12.0. The Labute approximate surface area is 110 Å². The van der Waals surface area contributed by atoms with Gasteiger partial charge in [0.15, 0.2) is 0 Å². The van der Waals surface area contributed by atoms with Crippen molar-refractivity contribution >= 4 is 35.0 Å². The molecule has 1 aromatic rings. The number of rotatable bonds is 2. The van der Waals surface area contributed by atoms with Crippen LogP contribution in [0.4, 0.5) is 5.69 Å². The molecule has 0 atom stereocenters. The van der Waals surface area contributed by atoms with E-state index in [9.17, 15) is 4.79 Å². The van der Waals surface area contributed by atoms with Gasteiger partial charge < -0.3 is 11.1 Å². The Kier molecular flexibility index (Phi) is 4.18. The summed E-state index contributed by atoms with van der Waals surface area (Å²) in [6.07, 6.45) is 2.06. The van der Waals surface area contributed by atoms with Crippen LogP contribution in [0.25, 0.3) is 0 Å². The molecule has 17 heavy (non-hydrogen) atoms. The molecule has 92 valence electrons. The highest BCUT2D eigenvalue weighted by molar-refractivity contribution is 7.99. The van der Waals surface area contributed by atoms with Gasteiger partial charge in [0.2, 0.25) is 0 Å². The summed E-state index contributed by atoms with van der Waals surface area (Å²) in [5.41, 5.74) is 6.72. The average molecular weight is 271 g/mol. The summed E-state index contributed by atoms with van der Waals surface area (Å²) in [5, 5.41) is 3.57. The van der Waals surface area contributed by atoms with Gasteiger partial charge in [0.25, 0.3) is 5.91 Å². The van der Waals surface area contributed by atoms with Gasteiger partial charge in [-0.2, -0.15) is 11.8 Å². The molecule has 0 bridgehead atoms. The Morgan fingerprint density at radius 3 is 2.76 bits per heavy atom. The lowest BCUT2D eigenvalue weighted by molar-refractivity contribution is 0.0936. The van der Waals surface area contributed by atoms with Crippen molar-refractivity contribution in [1.29, 1.82) is 0 Å². The number of benzene rings is 1. The third-order valence-corrected chi connectivity index (χ3v) is 4.10. The summed E-state index contributed by atoms with van der Waals surface area (Å²) in [6, 6.07) is 5.24. The average Bonchev–Trinajstić information content (AvgIpc) is 2.30. The summed E-state index contributed by atoms with van der Waals surface area (Å²) < 4.78 is 0. The van der Waals surface area contributed by atoms with Crippen molar-refractivity contribution in [3.05, 3.63) is 28.8 Å². The van der Waals surface area contributed by atoms with Gasteiger partial charge in [-0.1, -0.05) is 11.6 Å². The van der Waals surface area contributed by atoms with Crippen LogP contribution in [-0.2, 0) is 0 Å². The predicted molar refractivity (Wildman–Crippen MR) is 73.7 cm³/mol. The van der Waals surface area contributed by atoms with Crippen LogP contribution in [0.1, 0.15) is 23.2 Å². The van der Waals surface area contributed by atoms with Gasteiger partial charge in [-0.25, -0.2) is 0 Å². The zero-order valence-electron chi connectivity index (χ0n) is 9.41. The van der Waals surface area contributed by atoms with Crippen molar-refractivity contribution in [2.75, 3.05) is 17.2 Å². The van der Waals surface area contributed by atoms with Gasteiger partial charge in [-0.05, 0) is 42.5 Å². The molecule has 1 fully saturated rings. The third kappa shape index (κ3) is 3.30. The van der Waals surface area contributed by atoms with Crippen molar-refractivity contribution in [3.8, 4) is 0 Å². The molecule has 0 saturated carbocycles. The Bertz CT molecular complexity index is 419. The summed E-state index contributed by atoms with van der Waals surface area (Å²) in [6.45, 7) is 0. The van der Waals surface area contributed by atoms with E-state index in [1.54, 1.807) is 18.2 Å². The molecular formula is C12H15ClN2OS. The quantitative estimate of drug-likeness (QED) is 0.812. The minimum Gasteiger partial charge on any atom is -0.398 e. The number of hydrogen-bond acceptors (Lipinski definition) is 3. The number of nitrogen functional groups attached to an aromatic ring is 1. The second-order valence-corrected chi connectivity index (χ2v) is 5.75. The number of anilines is 1. The van der Waals surface area contributed by atoms with Crippen molar-refractivity contribution in [3.63, 3.8) is 0 Å². The fraction of sp³-hybridized carbons (Fsp3) is 0.417. The summed E-state index contributed by atoms with van der Waals surface area (Å²) >= 11 is 7.73. The molecule has 1 amide bonds. The second-order valence-electron chi connectivity index (χ2n) is 4.09. The molecule has 1 aliphatic rings. The summed E-state index contributed by atoms with van der Waals surface area (Å²) in [5.74, 6) is 2.12. The van der Waals surface area contributed by atoms with Gasteiger partial charge in [0, 0.05) is 16.8 Å². The monoisotopic (exact) mass is 270 g/mol. The minimum absolute atomic E-state index is 0.101. The predicted octanol–water partition coefficient (Wildman–Crippen LogP) is 2.55. The molecule has 3 N–H and O–H groups in total. The van der Waals surface area contributed by atoms with Gasteiger partial charge >= 0.3 is 0 Å². The number of amides is 1. The molecule has 1 saturated heterocycles. The highest BCUT2D eigenvalue weighted by Crippen LogP contribution is 2.20. The van der Waals surface area contributed by atoms with E-state index in [0.29, 0.717) is 16.3 Å². The highest BCUT2D eigenvalue weighted by Gasteiger charge is 2.18. The van der Waals surface area contributed by atoms with E-state index in [1.807, 2.05) is 11.8 Å². The Balaban J connectivity index is 2.03. The van der Waals surface area contributed by atoms with Crippen LogP contribution >= 0.6 is 23.4 Å². The number of carbonyl (C=O) groups excluding carboxylic acids is 1. The molecule has 2 rings (SSSR count). The fourth-order valence-corrected chi connectivity index (χ4v) is 3.13. The molecular weight excluding hydrogens is 256 g/mol. The van der Waals surface area contributed by atoms with Crippen LogP contribution in [0.5, 0.6) is 0 Å². The topological polar surface area (TPSA) is 55.1 Å². The lowest BCUT2D eigenvalue weighted by atomic mass is 10.1. The smallest absolute Gasteiger partial charge is 0.253 e. The van der Waals surface area contributed by atoms with E-state index >= 15 is 0 Å². The minimum atomic E-state index is -0.101. The fourth-order valence-electron chi connectivity index (χ4n) is 1.85. The first-order chi connectivity index (χ1) is 8.16. The maximum Gasteiger partial charge on any atom is 0.253 e. The lowest BCUT2D eigenvalue weighted by Gasteiger charge is -2.22. The number of nitrogens with two attached hydrogens (primary N) is 1. The summed E-state index contributed by atoms with van der Waals surface area (Å²) in [7, 11) is 0. The van der Waals surface area contributed by atoms with Crippen LogP contribution in [0.2, 0.25) is 5.02 Å². The van der Waals surface area contributed by atoms with E-state index < -0.39 is 0 Å². The second kappa shape index (κ2) is 5.65. The van der Waals surface area contributed by atoms with Crippen LogP contribution in [-0.4, -0.2) is 23.5 Å². The molecule has 1 heterocycles. The first-order valence-electron chi connectivity index (χ1n) is 5.60. The zero-order valence-corrected chi connectivity index (χ0v) is 11.0. The maximum atomic E-state index is 12.0. The molecule has 3 nitrogen and oxygen atoms in total. The number of nitrogens with one attached hydrogen (secondary N) is 1. The van der Waals surface area contributed by atoms with E-state index in [2.05, 4.69) is 5.32 Å². The van der Waals surface area contributed by atoms with E-state index in [4.69, 9.17) is 17.3 Å². The first-order valence-corrected chi connectivity index (χ1v) is 7.14. The Morgan fingerprint density at radius 2 is 2.12 bits per heavy atom. The van der Waals surface area contributed by atoms with Crippen molar-refractivity contribution in [2.24, 2.45) is 0 Å². The maximum absolute atomic E-state index is 12.0. The number of halogens is 1. The van der Waals surface area contributed by atoms with E-state index in [-0.39, 0.29) is 11.9 Å². The van der Waals surface area contributed by atoms with Crippen molar-refractivity contribution in [1.82, 2.24) is 5.32 Å². The number of hydrogen-bond donors (Lipinski definition) is 2. The van der Waals surface area contributed by atoms with Gasteiger partial charge in [-0.15, -0.1) is 0 Å². The van der Waals surface area contributed by atoms with Gasteiger partial charge in [-0.3, -0.25) is 4.79 Å². The molecule has 0 radical (unpaired) electrons. The molecule has 5 heteroatoms. The lowest BCUT2D eigenvalue weighted by Crippen LogP contribution is -2.37. The third-order valence-electron chi connectivity index (χ3n) is 2.81. The van der Waals surface area contributed by atoms with Crippen LogP contribution in [0.15, 0.2) is 18.2 Å². The van der Waals surface area contributed by atoms with Crippen LogP contribution in [0, 0.1) is 0 Å². The largest absolute Gasteiger partial charge is 0.398 e. The molecule has 1 aliphatic heterocycles. The van der Waals surface area contributed by atoms with Crippen molar-refractivity contribution < 1.29 is 4.79 Å². The number of carbonyl (C=O) groups is 1. The first kappa shape index (κ1) is 12.6. The molecule has 0 unspecified atom stereocenters. The number of thioether (sulfide) groups is 1. The Hall–Kier alpha value is -0.870. The molecule has 0 spiro atoms. The van der Waals surface area contributed by atoms with E-state index in [1.165, 1.54) is 0 Å². The zero-order chi connectivity index (χ0) is 12.3. The SMILES string of the molecule is Nc1cc(Cl)ccc1C(=O)NC1CCSCC1. The standard InChI is InChI=1S/C12H15ClN2OS/c13-8-1-2-10(11(14)7-8)12(16)15-9-3-5-17-6-4-9/h1-2,7,9H,3-6,14H2,(H,15,16). The van der Waals surface area contributed by atoms with Crippen LogP contribution < -0.4 is 11.1 Å². The normalized spacial score (nSPS) is 16.8.